The van der Waals surface area contributed by atoms with E-state index in [9.17, 15) is 0 Å². The summed E-state index contributed by atoms with van der Waals surface area (Å²) >= 11 is 0. The monoisotopic (exact) mass is 193 g/mol. The summed E-state index contributed by atoms with van der Waals surface area (Å²) in [5.74, 6) is 1.69. The van der Waals surface area contributed by atoms with Gasteiger partial charge in [0.15, 0.2) is 0 Å². The molecule has 2 heteroatoms. The van der Waals surface area contributed by atoms with E-state index >= 15 is 0 Å². The van der Waals surface area contributed by atoms with Crippen LogP contribution in [0.15, 0.2) is 23.5 Å². The van der Waals surface area contributed by atoms with Crippen LogP contribution in [0.4, 0.5) is 0 Å². The topological polar surface area (TPSA) is 18.5 Å². The van der Waals surface area contributed by atoms with Crippen molar-refractivity contribution in [2.45, 2.75) is 19.3 Å². The van der Waals surface area contributed by atoms with Gasteiger partial charge in [0.2, 0.25) is 0 Å². The molecule has 0 spiro atoms. The molecule has 14 heavy (non-hydrogen) atoms. The average molecular weight is 193 g/mol. The molecule has 2 rings (SSSR count). The molecule has 0 saturated carbocycles. The number of ether oxygens (including phenoxy) is 2. The van der Waals surface area contributed by atoms with Crippen LogP contribution in [0, 0.1) is 12.3 Å². The third-order valence-electron chi connectivity index (χ3n) is 2.91. The van der Waals surface area contributed by atoms with Gasteiger partial charge < -0.3 is 9.47 Å². The molecule has 0 aromatic rings. The van der Waals surface area contributed by atoms with Gasteiger partial charge in [0.05, 0.1) is 12.9 Å². The molecule has 2 nitrogen and oxygen atoms in total. The van der Waals surface area contributed by atoms with E-state index in [1.54, 1.807) is 7.11 Å². The van der Waals surface area contributed by atoms with Gasteiger partial charge in [-0.1, -0.05) is 6.08 Å². The molecule has 1 heterocycles. The standard InChI is InChI=1S/C12H17O2/c1-13-12-4-2-3-11(9-12)10-5-7-14-8-6-10/h3-4,9-10H,2,5-8H2,1H3. The first-order valence-corrected chi connectivity index (χ1v) is 5.27. The second kappa shape index (κ2) is 4.65. The fraction of sp³-hybridized carbons (Fsp3) is 0.583. The highest BCUT2D eigenvalue weighted by atomic mass is 16.5. The van der Waals surface area contributed by atoms with E-state index in [1.807, 2.05) is 0 Å². The van der Waals surface area contributed by atoms with Crippen LogP contribution in [0.5, 0.6) is 0 Å². The lowest BCUT2D eigenvalue weighted by Gasteiger charge is -2.25. The summed E-state index contributed by atoms with van der Waals surface area (Å²) in [6.45, 7) is 1.81. The van der Waals surface area contributed by atoms with Crippen LogP contribution in [-0.4, -0.2) is 20.3 Å². The van der Waals surface area contributed by atoms with E-state index in [-0.39, 0.29) is 0 Å². The second-order valence-corrected chi connectivity index (χ2v) is 3.78. The van der Waals surface area contributed by atoms with Crippen molar-refractivity contribution in [2.75, 3.05) is 20.3 Å². The lowest BCUT2D eigenvalue weighted by molar-refractivity contribution is 0.0763. The fourth-order valence-electron chi connectivity index (χ4n) is 2.05. The Labute approximate surface area is 85.6 Å². The molecule has 1 saturated heterocycles. The molecular formula is C12H17O2. The number of methoxy groups -OCH3 is 1. The molecule has 1 fully saturated rings. The largest absolute Gasteiger partial charge is 0.501 e. The summed E-state index contributed by atoms with van der Waals surface area (Å²) in [4.78, 5) is 0. The molecule has 0 bridgehead atoms. The van der Waals surface area contributed by atoms with Crippen LogP contribution in [0.1, 0.15) is 19.3 Å². The third-order valence-corrected chi connectivity index (χ3v) is 2.91. The summed E-state index contributed by atoms with van der Waals surface area (Å²) < 4.78 is 10.6. The van der Waals surface area contributed by atoms with Gasteiger partial charge in [0, 0.05) is 19.6 Å². The Morgan fingerprint density at radius 2 is 2.14 bits per heavy atom. The summed E-state index contributed by atoms with van der Waals surface area (Å²) in [6, 6.07) is 0. The van der Waals surface area contributed by atoms with E-state index in [2.05, 4.69) is 18.6 Å². The van der Waals surface area contributed by atoms with Crippen LogP contribution in [0.2, 0.25) is 0 Å². The number of allylic oxidation sites excluding steroid dienone is 4. The first kappa shape index (κ1) is 9.78. The maximum atomic E-state index is 5.36. The average Bonchev–Trinajstić information content (AvgIpc) is 2.30. The van der Waals surface area contributed by atoms with Gasteiger partial charge in [-0.3, -0.25) is 0 Å². The molecule has 1 aliphatic heterocycles. The predicted octanol–water partition coefficient (Wildman–Crippen LogP) is 2.48. The lowest BCUT2D eigenvalue weighted by atomic mass is 9.88. The van der Waals surface area contributed by atoms with E-state index in [0.29, 0.717) is 5.92 Å². The Bertz CT molecular complexity index is 247. The van der Waals surface area contributed by atoms with Gasteiger partial charge in [0.25, 0.3) is 0 Å². The number of rotatable bonds is 2. The minimum absolute atomic E-state index is 0.683. The zero-order chi connectivity index (χ0) is 9.80. The van der Waals surface area contributed by atoms with Gasteiger partial charge in [0.1, 0.15) is 0 Å². The molecule has 2 aliphatic rings. The molecule has 0 aromatic carbocycles. The van der Waals surface area contributed by atoms with E-state index < -0.39 is 0 Å². The first-order valence-electron chi connectivity index (χ1n) is 5.27. The van der Waals surface area contributed by atoms with Crippen molar-refractivity contribution in [1.29, 1.82) is 0 Å². The number of hydrogen-bond donors (Lipinski definition) is 0. The van der Waals surface area contributed by atoms with Crippen molar-refractivity contribution in [3.05, 3.63) is 29.9 Å². The maximum Gasteiger partial charge on any atom is 0.0999 e. The Hall–Kier alpha value is -0.760. The van der Waals surface area contributed by atoms with Crippen LogP contribution < -0.4 is 0 Å². The summed E-state index contributed by atoms with van der Waals surface area (Å²) in [7, 11) is 1.73. The highest BCUT2D eigenvalue weighted by molar-refractivity contribution is 5.32. The summed E-state index contributed by atoms with van der Waals surface area (Å²) in [5.41, 5.74) is 1.44. The van der Waals surface area contributed by atoms with Crippen LogP contribution >= 0.6 is 0 Å². The van der Waals surface area contributed by atoms with Crippen LogP contribution in [-0.2, 0) is 9.47 Å². The Morgan fingerprint density at radius 3 is 2.86 bits per heavy atom. The van der Waals surface area contributed by atoms with Crippen molar-refractivity contribution < 1.29 is 9.47 Å². The number of hydrogen-bond acceptors (Lipinski definition) is 2. The summed E-state index contributed by atoms with van der Waals surface area (Å²) in [6.07, 6.45) is 9.89. The molecule has 0 unspecified atom stereocenters. The molecule has 0 N–H and O–H groups in total. The van der Waals surface area contributed by atoms with Crippen molar-refractivity contribution in [2.24, 2.45) is 5.92 Å². The van der Waals surface area contributed by atoms with Gasteiger partial charge >= 0.3 is 0 Å². The van der Waals surface area contributed by atoms with Gasteiger partial charge in [-0.2, -0.15) is 0 Å². The quantitative estimate of drug-likeness (QED) is 0.670. The highest BCUT2D eigenvalue weighted by Crippen LogP contribution is 2.29. The van der Waals surface area contributed by atoms with Crippen LogP contribution in [0.25, 0.3) is 0 Å². The normalized spacial score (nSPS) is 24.1. The Kier molecular flexibility index (Phi) is 3.25. The van der Waals surface area contributed by atoms with Crippen molar-refractivity contribution in [1.82, 2.24) is 0 Å². The first-order chi connectivity index (χ1) is 6.90. The molecule has 1 radical (unpaired) electrons. The van der Waals surface area contributed by atoms with E-state index in [4.69, 9.17) is 9.47 Å². The molecule has 77 valence electrons. The zero-order valence-electron chi connectivity index (χ0n) is 8.66. The SMILES string of the molecule is COC1=CC(C2CCOCC2)=CC[CH]1. The van der Waals surface area contributed by atoms with Crippen LogP contribution in [0.3, 0.4) is 0 Å². The summed E-state index contributed by atoms with van der Waals surface area (Å²) in [5, 5.41) is 0. The van der Waals surface area contributed by atoms with E-state index in [1.165, 1.54) is 5.57 Å². The molecular weight excluding hydrogens is 176 g/mol. The zero-order valence-corrected chi connectivity index (χ0v) is 8.66. The smallest absolute Gasteiger partial charge is 0.0999 e. The van der Waals surface area contributed by atoms with Crippen molar-refractivity contribution in [3.63, 3.8) is 0 Å². The molecule has 1 aliphatic carbocycles. The third kappa shape index (κ3) is 2.18. The Balaban J connectivity index is 2.02. The molecule has 0 atom stereocenters. The second-order valence-electron chi connectivity index (χ2n) is 3.78. The maximum absolute atomic E-state index is 5.36. The highest BCUT2D eigenvalue weighted by Gasteiger charge is 2.19. The van der Waals surface area contributed by atoms with Crippen molar-refractivity contribution in [3.8, 4) is 0 Å². The fourth-order valence-corrected chi connectivity index (χ4v) is 2.05. The predicted molar refractivity (Wildman–Crippen MR) is 55.6 cm³/mol. The van der Waals surface area contributed by atoms with Gasteiger partial charge in [-0.15, -0.1) is 0 Å². The Morgan fingerprint density at radius 1 is 1.36 bits per heavy atom. The minimum atomic E-state index is 0.683. The van der Waals surface area contributed by atoms with E-state index in [0.717, 1.165) is 38.2 Å². The van der Waals surface area contributed by atoms with Crippen molar-refractivity contribution >= 4 is 0 Å². The van der Waals surface area contributed by atoms with Gasteiger partial charge in [-0.25, -0.2) is 0 Å². The molecule has 0 amide bonds. The molecule has 0 aromatic heterocycles. The van der Waals surface area contributed by atoms with Gasteiger partial charge in [-0.05, 0) is 36.8 Å². The lowest BCUT2D eigenvalue weighted by Crippen LogP contribution is -2.18. The minimum Gasteiger partial charge on any atom is -0.501 e.